The van der Waals surface area contributed by atoms with Crippen LogP contribution in [0.15, 0.2) is 47.4 Å². The maximum Gasteiger partial charge on any atom is 0.341 e. The zero-order valence-electron chi connectivity index (χ0n) is 14.8. The van der Waals surface area contributed by atoms with Crippen LogP contribution in [0.2, 0.25) is 0 Å². The Morgan fingerprint density at radius 1 is 1.07 bits per heavy atom. The molecule has 0 aliphatic heterocycles. The van der Waals surface area contributed by atoms with Gasteiger partial charge in [0.15, 0.2) is 6.10 Å². The Bertz CT molecular complexity index is 991. The zero-order valence-corrected chi connectivity index (χ0v) is 15.6. The fraction of sp³-hybridized carbons (Fsp3) is 0.222. The van der Waals surface area contributed by atoms with Crippen molar-refractivity contribution in [3.8, 4) is 0 Å². The Kier molecular flexibility index (Phi) is 6.45. The van der Waals surface area contributed by atoms with Crippen LogP contribution in [0, 0.1) is 12.7 Å². The third-order valence-electron chi connectivity index (χ3n) is 3.75. The second kappa shape index (κ2) is 8.42. The Morgan fingerprint density at radius 3 is 2.21 bits per heavy atom. The van der Waals surface area contributed by atoms with Crippen LogP contribution in [0.3, 0.4) is 0 Å². The van der Waals surface area contributed by atoms with Crippen LogP contribution in [-0.2, 0) is 19.4 Å². The second-order valence-electron chi connectivity index (χ2n) is 5.83. The highest BCUT2D eigenvalue weighted by molar-refractivity contribution is 7.91. The van der Waals surface area contributed by atoms with Crippen molar-refractivity contribution in [2.24, 2.45) is 0 Å². The highest BCUT2D eigenvalue weighted by Gasteiger charge is 2.27. The number of alkyl halides is 2. The smallest absolute Gasteiger partial charge is 0.341 e. The normalized spacial score (nSPS) is 12.5. The lowest BCUT2D eigenvalue weighted by molar-refractivity contribution is -0.123. The molecule has 0 heterocycles. The number of aryl methyl sites for hydroxylation is 1. The highest BCUT2D eigenvalue weighted by atomic mass is 32.2. The predicted molar refractivity (Wildman–Crippen MR) is 94.3 cm³/mol. The molecule has 0 radical (unpaired) electrons. The first-order valence-corrected chi connectivity index (χ1v) is 9.47. The van der Waals surface area contributed by atoms with Gasteiger partial charge in [-0.25, -0.2) is 17.6 Å². The number of rotatable bonds is 6. The number of anilines is 1. The molecular weight excluding hydrogens is 399 g/mol. The number of esters is 1. The van der Waals surface area contributed by atoms with Gasteiger partial charge in [0.2, 0.25) is 9.84 Å². The molecule has 2 aromatic rings. The van der Waals surface area contributed by atoms with Gasteiger partial charge in [0.05, 0.1) is 10.5 Å². The van der Waals surface area contributed by atoms with Crippen molar-refractivity contribution in [2.45, 2.75) is 30.6 Å². The minimum atomic E-state index is -4.78. The minimum absolute atomic E-state index is 0.130. The molecule has 150 valence electrons. The van der Waals surface area contributed by atoms with Gasteiger partial charge < -0.3 is 10.1 Å². The van der Waals surface area contributed by atoms with Gasteiger partial charge >= 0.3 is 11.7 Å². The molecule has 0 unspecified atom stereocenters. The summed E-state index contributed by atoms with van der Waals surface area (Å²) in [5.41, 5.74) is 0.446. The summed E-state index contributed by atoms with van der Waals surface area (Å²) < 4.78 is 66.2. The molecular formula is C18H16F3NO5S. The van der Waals surface area contributed by atoms with Crippen molar-refractivity contribution < 1.29 is 35.9 Å². The van der Waals surface area contributed by atoms with E-state index in [9.17, 15) is 31.2 Å². The molecule has 2 rings (SSSR count). The highest BCUT2D eigenvalue weighted by Crippen LogP contribution is 2.19. The fourth-order valence-corrected chi connectivity index (χ4v) is 2.80. The summed E-state index contributed by atoms with van der Waals surface area (Å²) in [7, 11) is -4.78. The Balaban J connectivity index is 2.03. The first-order valence-electron chi connectivity index (χ1n) is 7.92. The Hall–Kier alpha value is -2.88. The first-order chi connectivity index (χ1) is 13.0. The van der Waals surface area contributed by atoms with Crippen molar-refractivity contribution in [2.75, 3.05) is 5.32 Å². The number of ether oxygens (including phenoxy) is 1. The number of amides is 1. The molecule has 1 amide bonds. The van der Waals surface area contributed by atoms with E-state index < -0.39 is 44.3 Å². The molecule has 28 heavy (non-hydrogen) atoms. The van der Waals surface area contributed by atoms with Crippen LogP contribution in [-0.4, -0.2) is 32.2 Å². The van der Waals surface area contributed by atoms with Gasteiger partial charge in [-0.1, -0.05) is 6.07 Å². The van der Waals surface area contributed by atoms with Crippen LogP contribution in [0.5, 0.6) is 0 Å². The molecule has 0 aromatic heterocycles. The lowest BCUT2D eigenvalue weighted by Crippen LogP contribution is -2.30. The van der Waals surface area contributed by atoms with E-state index in [-0.39, 0.29) is 11.3 Å². The molecule has 0 bridgehead atoms. The number of sulfone groups is 1. The molecule has 0 saturated heterocycles. The van der Waals surface area contributed by atoms with E-state index in [1.807, 2.05) is 0 Å². The second-order valence-corrected chi connectivity index (χ2v) is 7.75. The van der Waals surface area contributed by atoms with Crippen LogP contribution in [0.25, 0.3) is 0 Å². The van der Waals surface area contributed by atoms with E-state index in [1.165, 1.54) is 19.1 Å². The third kappa shape index (κ3) is 4.89. The van der Waals surface area contributed by atoms with Crippen molar-refractivity contribution in [3.63, 3.8) is 0 Å². The topological polar surface area (TPSA) is 89.5 Å². The van der Waals surface area contributed by atoms with Gasteiger partial charge in [-0.05, 0) is 55.8 Å². The number of halogens is 3. The largest absolute Gasteiger partial charge is 0.449 e. The number of carbonyl (C=O) groups excluding carboxylic acids is 2. The molecule has 2 aromatic carbocycles. The Morgan fingerprint density at radius 2 is 1.68 bits per heavy atom. The maximum atomic E-state index is 13.5. The van der Waals surface area contributed by atoms with E-state index >= 15 is 0 Å². The number of benzene rings is 2. The molecule has 0 aliphatic rings. The lowest BCUT2D eigenvalue weighted by Gasteiger charge is -2.14. The van der Waals surface area contributed by atoms with Gasteiger partial charge in [-0.3, -0.25) is 4.79 Å². The molecule has 1 atom stereocenters. The van der Waals surface area contributed by atoms with E-state index in [4.69, 9.17) is 4.74 Å². The average molecular weight is 415 g/mol. The van der Waals surface area contributed by atoms with E-state index in [2.05, 4.69) is 5.32 Å². The third-order valence-corrected chi connectivity index (χ3v) is 5.14. The summed E-state index contributed by atoms with van der Waals surface area (Å²) >= 11 is 0. The summed E-state index contributed by atoms with van der Waals surface area (Å²) in [6.45, 7) is 2.84. The van der Waals surface area contributed by atoms with Crippen LogP contribution < -0.4 is 5.32 Å². The maximum absolute atomic E-state index is 13.5. The van der Waals surface area contributed by atoms with E-state index in [0.29, 0.717) is 5.56 Å². The summed E-state index contributed by atoms with van der Waals surface area (Å²) in [5.74, 6) is -5.77. The predicted octanol–water partition coefficient (Wildman–Crippen LogP) is 3.31. The van der Waals surface area contributed by atoms with Gasteiger partial charge in [0.1, 0.15) is 5.82 Å². The number of nitrogens with one attached hydrogen (secondary N) is 1. The molecule has 1 N–H and O–H groups in total. The quantitative estimate of drug-likeness (QED) is 0.731. The number of hydrogen-bond acceptors (Lipinski definition) is 5. The average Bonchev–Trinajstić information content (AvgIpc) is 2.64. The number of carbonyl (C=O) groups is 2. The molecule has 0 saturated carbocycles. The monoisotopic (exact) mass is 415 g/mol. The van der Waals surface area contributed by atoms with E-state index in [0.717, 1.165) is 30.3 Å². The first kappa shape index (κ1) is 21.4. The van der Waals surface area contributed by atoms with Crippen molar-refractivity contribution in [1.29, 1.82) is 0 Å². The molecule has 0 spiro atoms. The fourth-order valence-electron chi connectivity index (χ4n) is 2.08. The van der Waals surface area contributed by atoms with Gasteiger partial charge in [-0.2, -0.15) is 8.78 Å². The van der Waals surface area contributed by atoms with Gasteiger partial charge in [0, 0.05) is 5.69 Å². The summed E-state index contributed by atoms with van der Waals surface area (Å²) in [4.78, 5) is 23.5. The Labute approximate surface area is 159 Å². The SMILES string of the molecule is Cc1ccc(NC(=O)[C@@H](C)OC(=O)c2ccc(S(=O)(=O)C(F)F)cc2)cc1F. The van der Waals surface area contributed by atoms with Gasteiger partial charge in [0.25, 0.3) is 5.91 Å². The van der Waals surface area contributed by atoms with Crippen LogP contribution in [0.4, 0.5) is 18.9 Å². The standard InChI is InChI=1S/C18H16F3NO5S/c1-10-3-6-13(9-15(10)19)22-16(23)11(2)27-17(24)12-4-7-14(8-5-12)28(25,26)18(20)21/h3-9,11,18H,1-2H3,(H,22,23)/t11-/m1/s1. The van der Waals surface area contributed by atoms with Crippen molar-refractivity contribution in [1.82, 2.24) is 0 Å². The summed E-state index contributed by atoms with van der Waals surface area (Å²) in [6.07, 6.45) is -1.25. The molecule has 6 nitrogen and oxygen atoms in total. The van der Waals surface area contributed by atoms with Crippen LogP contribution >= 0.6 is 0 Å². The minimum Gasteiger partial charge on any atom is -0.449 e. The van der Waals surface area contributed by atoms with Crippen LogP contribution in [0.1, 0.15) is 22.8 Å². The number of hydrogen-bond donors (Lipinski definition) is 1. The van der Waals surface area contributed by atoms with Crippen molar-refractivity contribution in [3.05, 3.63) is 59.4 Å². The molecule has 0 aliphatic carbocycles. The van der Waals surface area contributed by atoms with Crippen molar-refractivity contribution >= 4 is 27.4 Å². The lowest BCUT2D eigenvalue weighted by atomic mass is 10.2. The molecule has 0 fully saturated rings. The van der Waals surface area contributed by atoms with Gasteiger partial charge in [-0.15, -0.1) is 0 Å². The molecule has 10 heteroatoms. The summed E-state index contributed by atoms with van der Waals surface area (Å²) in [5, 5.41) is 2.39. The zero-order chi connectivity index (χ0) is 21.1. The van der Waals surface area contributed by atoms with E-state index in [1.54, 1.807) is 6.92 Å². The summed E-state index contributed by atoms with van der Waals surface area (Å²) in [6, 6.07) is 7.75.